The van der Waals surface area contributed by atoms with Gasteiger partial charge in [-0.25, -0.2) is 4.98 Å². The number of hydrogen-bond donors (Lipinski definition) is 2. The van der Waals surface area contributed by atoms with Gasteiger partial charge in [-0.15, -0.1) is 11.3 Å². The van der Waals surface area contributed by atoms with Crippen molar-refractivity contribution < 1.29 is 5.11 Å². The minimum atomic E-state index is 0.282. The van der Waals surface area contributed by atoms with Crippen molar-refractivity contribution in [3.8, 4) is 17.0 Å². The molecule has 0 saturated heterocycles. The van der Waals surface area contributed by atoms with Crippen LogP contribution in [0.4, 0.5) is 0 Å². The first-order chi connectivity index (χ1) is 7.29. The summed E-state index contributed by atoms with van der Waals surface area (Å²) >= 11 is 1.64. The normalized spacial score (nSPS) is 10.5. The summed E-state index contributed by atoms with van der Waals surface area (Å²) in [6.45, 7) is 0.794. The Balaban J connectivity index is 2.25. The highest BCUT2D eigenvalue weighted by molar-refractivity contribution is 7.09. The predicted octanol–water partition coefficient (Wildman–Crippen LogP) is 2.24. The smallest absolute Gasteiger partial charge is 0.115 e. The van der Waals surface area contributed by atoms with Crippen molar-refractivity contribution in [1.29, 1.82) is 0 Å². The number of rotatable bonds is 3. The van der Waals surface area contributed by atoms with Gasteiger partial charge < -0.3 is 10.4 Å². The third-order valence-corrected chi connectivity index (χ3v) is 2.89. The molecule has 0 radical (unpaired) electrons. The van der Waals surface area contributed by atoms with E-state index in [1.807, 2.05) is 24.6 Å². The number of benzene rings is 1. The molecule has 0 spiro atoms. The monoisotopic (exact) mass is 220 g/mol. The molecule has 3 nitrogen and oxygen atoms in total. The second-order valence-corrected chi connectivity index (χ2v) is 4.15. The van der Waals surface area contributed by atoms with Gasteiger partial charge in [0.1, 0.15) is 10.8 Å². The molecule has 2 aromatic rings. The highest BCUT2D eigenvalue weighted by Gasteiger charge is 2.03. The average molecular weight is 220 g/mol. The van der Waals surface area contributed by atoms with Crippen molar-refractivity contribution in [3.05, 3.63) is 34.7 Å². The zero-order chi connectivity index (χ0) is 10.7. The minimum absolute atomic E-state index is 0.282. The number of nitrogens with zero attached hydrogens (tertiary/aromatic N) is 1. The molecule has 15 heavy (non-hydrogen) atoms. The van der Waals surface area contributed by atoms with Gasteiger partial charge in [-0.05, 0) is 31.3 Å². The molecule has 0 fully saturated rings. The van der Waals surface area contributed by atoms with Crippen LogP contribution >= 0.6 is 11.3 Å². The SMILES string of the molecule is CNCc1nc(-c2ccc(O)cc2)cs1. The fraction of sp³-hybridized carbons (Fsp3) is 0.182. The van der Waals surface area contributed by atoms with Crippen LogP contribution in [0.1, 0.15) is 5.01 Å². The third-order valence-electron chi connectivity index (χ3n) is 2.04. The van der Waals surface area contributed by atoms with E-state index in [0.29, 0.717) is 0 Å². The number of nitrogens with one attached hydrogen (secondary N) is 1. The third kappa shape index (κ3) is 2.34. The molecule has 0 saturated carbocycles. The van der Waals surface area contributed by atoms with Crippen LogP contribution in [-0.4, -0.2) is 17.1 Å². The summed E-state index contributed by atoms with van der Waals surface area (Å²) in [6, 6.07) is 7.08. The minimum Gasteiger partial charge on any atom is -0.508 e. The molecule has 78 valence electrons. The van der Waals surface area contributed by atoms with E-state index in [9.17, 15) is 0 Å². The highest BCUT2D eigenvalue weighted by Crippen LogP contribution is 2.23. The van der Waals surface area contributed by atoms with Gasteiger partial charge in [-0.3, -0.25) is 0 Å². The lowest BCUT2D eigenvalue weighted by atomic mass is 10.2. The Bertz CT molecular complexity index is 436. The van der Waals surface area contributed by atoms with Crippen molar-refractivity contribution in [2.24, 2.45) is 0 Å². The number of aromatic nitrogens is 1. The number of aromatic hydroxyl groups is 1. The second-order valence-electron chi connectivity index (χ2n) is 3.20. The molecule has 0 aliphatic carbocycles. The Morgan fingerprint density at radius 3 is 2.73 bits per heavy atom. The Morgan fingerprint density at radius 1 is 1.33 bits per heavy atom. The molecule has 0 aliphatic rings. The van der Waals surface area contributed by atoms with Crippen LogP contribution in [0.2, 0.25) is 0 Å². The highest BCUT2D eigenvalue weighted by atomic mass is 32.1. The molecule has 1 aromatic heterocycles. The largest absolute Gasteiger partial charge is 0.508 e. The maximum atomic E-state index is 9.17. The van der Waals surface area contributed by atoms with Crippen LogP contribution in [0.25, 0.3) is 11.3 Å². The van der Waals surface area contributed by atoms with E-state index in [4.69, 9.17) is 5.11 Å². The molecule has 0 amide bonds. The summed E-state index contributed by atoms with van der Waals surface area (Å²) in [6.07, 6.45) is 0. The molecule has 0 aliphatic heterocycles. The molecule has 2 rings (SSSR count). The van der Waals surface area contributed by atoms with Gasteiger partial charge in [0.25, 0.3) is 0 Å². The predicted molar refractivity (Wildman–Crippen MR) is 62.0 cm³/mol. The Hall–Kier alpha value is -1.39. The topological polar surface area (TPSA) is 45.2 Å². The van der Waals surface area contributed by atoms with Crippen molar-refractivity contribution >= 4 is 11.3 Å². The van der Waals surface area contributed by atoms with Crippen molar-refractivity contribution in [1.82, 2.24) is 10.3 Å². The van der Waals surface area contributed by atoms with E-state index in [0.717, 1.165) is 22.8 Å². The van der Waals surface area contributed by atoms with Crippen molar-refractivity contribution in [3.63, 3.8) is 0 Å². The van der Waals surface area contributed by atoms with Gasteiger partial charge in [-0.1, -0.05) is 0 Å². The fourth-order valence-electron chi connectivity index (χ4n) is 1.31. The summed E-state index contributed by atoms with van der Waals surface area (Å²) in [4.78, 5) is 4.47. The van der Waals surface area contributed by atoms with Gasteiger partial charge in [-0.2, -0.15) is 0 Å². The summed E-state index contributed by atoms with van der Waals surface area (Å²) in [5.74, 6) is 0.282. The summed E-state index contributed by atoms with van der Waals surface area (Å²) in [7, 11) is 1.90. The van der Waals surface area contributed by atoms with Gasteiger partial charge in [0.05, 0.1) is 5.69 Å². The standard InChI is InChI=1S/C11H12N2OS/c1-12-6-11-13-10(7-15-11)8-2-4-9(14)5-3-8/h2-5,7,12,14H,6H2,1H3. The molecular formula is C11H12N2OS. The summed E-state index contributed by atoms with van der Waals surface area (Å²) < 4.78 is 0. The van der Waals surface area contributed by atoms with Crippen LogP contribution in [0.3, 0.4) is 0 Å². The lowest BCUT2D eigenvalue weighted by Gasteiger charge is -1.96. The molecule has 0 atom stereocenters. The lowest BCUT2D eigenvalue weighted by molar-refractivity contribution is 0.475. The molecular weight excluding hydrogens is 208 g/mol. The number of thiazole rings is 1. The van der Waals surface area contributed by atoms with E-state index in [2.05, 4.69) is 10.3 Å². The fourth-order valence-corrected chi connectivity index (χ4v) is 2.12. The van der Waals surface area contributed by atoms with E-state index in [1.165, 1.54) is 0 Å². The van der Waals surface area contributed by atoms with Gasteiger partial charge in [0.2, 0.25) is 0 Å². The second kappa shape index (κ2) is 4.42. The zero-order valence-corrected chi connectivity index (χ0v) is 9.21. The Morgan fingerprint density at radius 2 is 2.07 bits per heavy atom. The van der Waals surface area contributed by atoms with E-state index >= 15 is 0 Å². The van der Waals surface area contributed by atoms with Crippen molar-refractivity contribution in [2.45, 2.75) is 6.54 Å². The van der Waals surface area contributed by atoms with E-state index < -0.39 is 0 Å². The number of phenolic OH excluding ortho intramolecular Hbond substituents is 1. The van der Waals surface area contributed by atoms with Gasteiger partial charge in [0.15, 0.2) is 0 Å². The number of phenols is 1. The number of hydrogen-bond acceptors (Lipinski definition) is 4. The van der Waals surface area contributed by atoms with Gasteiger partial charge >= 0.3 is 0 Å². The summed E-state index contributed by atoms with van der Waals surface area (Å²) in [5, 5.41) is 15.3. The summed E-state index contributed by atoms with van der Waals surface area (Å²) in [5.41, 5.74) is 2.00. The van der Waals surface area contributed by atoms with Crippen LogP contribution in [-0.2, 0) is 6.54 Å². The Labute approximate surface area is 92.4 Å². The van der Waals surface area contributed by atoms with Crippen LogP contribution in [0.15, 0.2) is 29.6 Å². The molecule has 2 N–H and O–H groups in total. The van der Waals surface area contributed by atoms with E-state index in [1.54, 1.807) is 23.5 Å². The lowest BCUT2D eigenvalue weighted by Crippen LogP contribution is -2.04. The van der Waals surface area contributed by atoms with E-state index in [-0.39, 0.29) is 5.75 Å². The van der Waals surface area contributed by atoms with Crippen LogP contribution < -0.4 is 5.32 Å². The first-order valence-corrected chi connectivity index (χ1v) is 5.56. The maximum absolute atomic E-state index is 9.17. The Kier molecular flexibility index (Phi) is 2.99. The quantitative estimate of drug-likeness (QED) is 0.833. The molecule has 1 heterocycles. The van der Waals surface area contributed by atoms with Crippen molar-refractivity contribution in [2.75, 3.05) is 7.05 Å². The molecule has 0 unspecified atom stereocenters. The maximum Gasteiger partial charge on any atom is 0.115 e. The first kappa shape index (κ1) is 10.1. The molecule has 1 aromatic carbocycles. The molecule has 4 heteroatoms. The first-order valence-electron chi connectivity index (χ1n) is 4.68. The average Bonchev–Trinajstić information content (AvgIpc) is 2.68. The molecule has 0 bridgehead atoms. The van der Waals surface area contributed by atoms with Gasteiger partial charge in [0, 0.05) is 17.5 Å². The van der Waals surface area contributed by atoms with Crippen LogP contribution in [0, 0.1) is 0 Å². The van der Waals surface area contributed by atoms with Crippen LogP contribution in [0.5, 0.6) is 5.75 Å². The zero-order valence-electron chi connectivity index (χ0n) is 8.40.